The van der Waals surface area contributed by atoms with E-state index in [1.807, 2.05) is 42.5 Å². The van der Waals surface area contributed by atoms with Gasteiger partial charge >= 0.3 is 0 Å². The van der Waals surface area contributed by atoms with E-state index in [9.17, 15) is 5.11 Å². The van der Waals surface area contributed by atoms with Crippen molar-refractivity contribution in [1.82, 2.24) is 4.98 Å². The first-order valence-corrected chi connectivity index (χ1v) is 6.03. The summed E-state index contributed by atoms with van der Waals surface area (Å²) in [5, 5.41) is 16.9. The molecule has 2 heterocycles. The van der Waals surface area contributed by atoms with E-state index >= 15 is 0 Å². The molecule has 0 bridgehead atoms. The first kappa shape index (κ1) is 11.0. The molecule has 0 spiro atoms. The minimum absolute atomic E-state index is 0.0743. The summed E-state index contributed by atoms with van der Waals surface area (Å²) < 4.78 is 0. The first-order chi connectivity index (χ1) is 8.84. The Kier molecular flexibility index (Phi) is 2.86. The highest BCUT2D eigenvalue weighted by atomic mass is 16.3. The summed E-state index contributed by atoms with van der Waals surface area (Å²) in [4.78, 5) is 4.26. The molecule has 0 radical (unpaired) electrons. The van der Waals surface area contributed by atoms with Crippen molar-refractivity contribution in [2.45, 2.75) is 12.1 Å². The Morgan fingerprint density at radius 1 is 1.17 bits per heavy atom. The number of fused-ring (bicyclic) bond motifs is 1. The number of aromatic nitrogens is 1. The van der Waals surface area contributed by atoms with Gasteiger partial charge in [0.2, 0.25) is 0 Å². The molecule has 0 unspecified atom stereocenters. The molecule has 2 aromatic rings. The van der Waals surface area contributed by atoms with Crippen LogP contribution in [0.1, 0.15) is 11.7 Å². The van der Waals surface area contributed by atoms with Crippen LogP contribution in [0.4, 0.5) is 11.5 Å². The molecule has 1 aliphatic heterocycles. The van der Waals surface area contributed by atoms with Crippen molar-refractivity contribution in [2.75, 3.05) is 17.2 Å². The van der Waals surface area contributed by atoms with Gasteiger partial charge in [-0.1, -0.05) is 30.3 Å². The number of nitrogens with zero attached hydrogens (tertiary/aromatic N) is 1. The van der Waals surface area contributed by atoms with E-state index in [1.54, 1.807) is 6.20 Å². The monoisotopic (exact) mass is 241 g/mol. The fourth-order valence-electron chi connectivity index (χ4n) is 2.18. The molecule has 0 saturated heterocycles. The van der Waals surface area contributed by atoms with E-state index in [4.69, 9.17) is 0 Å². The lowest BCUT2D eigenvalue weighted by atomic mass is 10.0. The van der Waals surface area contributed by atoms with Gasteiger partial charge in [0.05, 0.1) is 11.7 Å². The topological polar surface area (TPSA) is 57.2 Å². The molecule has 1 aliphatic rings. The maximum Gasteiger partial charge on any atom is 0.149 e. The van der Waals surface area contributed by atoms with Gasteiger partial charge in [-0.05, 0) is 17.7 Å². The van der Waals surface area contributed by atoms with E-state index in [-0.39, 0.29) is 6.04 Å². The molecule has 1 aromatic heterocycles. The quantitative estimate of drug-likeness (QED) is 0.753. The van der Waals surface area contributed by atoms with Gasteiger partial charge in [-0.3, -0.25) is 0 Å². The molecule has 3 N–H and O–H groups in total. The number of pyridine rings is 1. The maximum atomic E-state index is 10.3. The molecule has 92 valence electrons. The fourth-order valence-corrected chi connectivity index (χ4v) is 2.18. The second-order valence-electron chi connectivity index (χ2n) is 4.39. The van der Waals surface area contributed by atoms with Gasteiger partial charge in [0, 0.05) is 12.7 Å². The third-order valence-electron chi connectivity index (χ3n) is 3.16. The molecular formula is C14H15N3O. The van der Waals surface area contributed by atoms with E-state index in [2.05, 4.69) is 15.6 Å². The summed E-state index contributed by atoms with van der Waals surface area (Å²) in [5.74, 6) is 0.795. The molecular weight excluding hydrogens is 226 g/mol. The van der Waals surface area contributed by atoms with Crippen molar-refractivity contribution in [2.24, 2.45) is 0 Å². The predicted molar refractivity (Wildman–Crippen MR) is 71.5 cm³/mol. The zero-order valence-corrected chi connectivity index (χ0v) is 9.88. The molecule has 4 heteroatoms. The van der Waals surface area contributed by atoms with Gasteiger partial charge in [-0.2, -0.15) is 0 Å². The van der Waals surface area contributed by atoms with Crippen molar-refractivity contribution in [3.8, 4) is 0 Å². The van der Waals surface area contributed by atoms with Gasteiger partial charge in [0.15, 0.2) is 0 Å². The molecule has 1 aromatic carbocycles. The van der Waals surface area contributed by atoms with Crippen LogP contribution >= 0.6 is 0 Å². The van der Waals surface area contributed by atoms with Crippen LogP contribution in [0.15, 0.2) is 48.7 Å². The standard InChI is InChI=1S/C14H15N3O/c18-13(10-5-2-1-3-6-10)12-9-16-11-7-4-8-15-14(11)17-12/h1-8,12-13,16,18H,9H2,(H,15,17)/t12-,13-/m0/s1. The van der Waals surface area contributed by atoms with Crippen molar-refractivity contribution in [1.29, 1.82) is 0 Å². The third-order valence-corrected chi connectivity index (χ3v) is 3.16. The number of hydrogen-bond donors (Lipinski definition) is 3. The molecule has 18 heavy (non-hydrogen) atoms. The van der Waals surface area contributed by atoms with Crippen LogP contribution < -0.4 is 10.6 Å². The van der Waals surface area contributed by atoms with Crippen LogP contribution in [0.5, 0.6) is 0 Å². The molecule has 4 nitrogen and oxygen atoms in total. The second-order valence-corrected chi connectivity index (χ2v) is 4.39. The first-order valence-electron chi connectivity index (χ1n) is 6.03. The highest BCUT2D eigenvalue weighted by Gasteiger charge is 2.25. The van der Waals surface area contributed by atoms with Crippen molar-refractivity contribution >= 4 is 11.5 Å². The predicted octanol–water partition coefficient (Wildman–Crippen LogP) is 2.02. The van der Waals surface area contributed by atoms with Gasteiger partial charge < -0.3 is 15.7 Å². The van der Waals surface area contributed by atoms with E-state index in [0.29, 0.717) is 6.54 Å². The van der Waals surface area contributed by atoms with Crippen LogP contribution in [0, 0.1) is 0 Å². The zero-order chi connectivity index (χ0) is 12.4. The van der Waals surface area contributed by atoms with Crippen molar-refractivity contribution < 1.29 is 5.11 Å². The Balaban J connectivity index is 1.80. The Labute approximate surface area is 106 Å². The Bertz CT molecular complexity index is 530. The van der Waals surface area contributed by atoms with E-state index < -0.39 is 6.10 Å². The summed E-state index contributed by atoms with van der Waals surface area (Å²) in [6.07, 6.45) is 1.19. The number of nitrogens with one attached hydrogen (secondary N) is 2. The average Bonchev–Trinajstić information content (AvgIpc) is 2.47. The zero-order valence-electron chi connectivity index (χ0n) is 9.88. The second kappa shape index (κ2) is 4.66. The highest BCUT2D eigenvalue weighted by molar-refractivity contribution is 5.66. The lowest BCUT2D eigenvalue weighted by Crippen LogP contribution is -2.38. The summed E-state index contributed by atoms with van der Waals surface area (Å²) in [7, 11) is 0. The highest BCUT2D eigenvalue weighted by Crippen LogP contribution is 2.27. The fraction of sp³-hybridized carbons (Fsp3) is 0.214. The molecule has 3 rings (SSSR count). The summed E-state index contributed by atoms with van der Waals surface area (Å²) in [6, 6.07) is 13.5. The van der Waals surface area contributed by atoms with Crippen LogP contribution in [0.2, 0.25) is 0 Å². The smallest absolute Gasteiger partial charge is 0.149 e. The maximum absolute atomic E-state index is 10.3. The molecule has 2 atom stereocenters. The van der Waals surface area contributed by atoms with Gasteiger partial charge in [0.1, 0.15) is 11.9 Å². The van der Waals surface area contributed by atoms with E-state index in [0.717, 1.165) is 17.1 Å². The third kappa shape index (κ3) is 2.02. The Hall–Kier alpha value is -2.07. The van der Waals surface area contributed by atoms with Gasteiger partial charge in [-0.25, -0.2) is 4.98 Å². The van der Waals surface area contributed by atoms with Crippen molar-refractivity contribution in [3.63, 3.8) is 0 Å². The molecule has 0 amide bonds. The lowest BCUT2D eigenvalue weighted by molar-refractivity contribution is 0.157. The number of rotatable bonds is 2. The number of benzene rings is 1. The van der Waals surface area contributed by atoms with Gasteiger partial charge in [-0.15, -0.1) is 0 Å². The van der Waals surface area contributed by atoms with Crippen molar-refractivity contribution in [3.05, 3.63) is 54.2 Å². The largest absolute Gasteiger partial charge is 0.386 e. The Morgan fingerprint density at radius 3 is 2.83 bits per heavy atom. The number of hydrogen-bond acceptors (Lipinski definition) is 4. The number of aliphatic hydroxyl groups is 1. The minimum atomic E-state index is -0.547. The lowest BCUT2D eigenvalue weighted by Gasteiger charge is -2.30. The average molecular weight is 241 g/mol. The number of anilines is 2. The summed E-state index contributed by atoms with van der Waals surface area (Å²) in [5.41, 5.74) is 1.89. The summed E-state index contributed by atoms with van der Waals surface area (Å²) >= 11 is 0. The van der Waals surface area contributed by atoms with Crippen LogP contribution in [-0.4, -0.2) is 22.7 Å². The Morgan fingerprint density at radius 2 is 2.00 bits per heavy atom. The van der Waals surface area contributed by atoms with E-state index in [1.165, 1.54) is 0 Å². The molecule has 0 fully saturated rings. The van der Waals surface area contributed by atoms with Crippen LogP contribution in [-0.2, 0) is 0 Å². The number of aliphatic hydroxyl groups excluding tert-OH is 1. The normalized spacial score (nSPS) is 19.3. The SMILES string of the molecule is O[C@@H](c1ccccc1)[C@@H]1CNc2cccnc2N1. The van der Waals surface area contributed by atoms with Crippen LogP contribution in [0.3, 0.4) is 0 Å². The van der Waals surface area contributed by atoms with Gasteiger partial charge in [0.25, 0.3) is 0 Å². The minimum Gasteiger partial charge on any atom is -0.386 e. The van der Waals surface area contributed by atoms with Crippen LogP contribution in [0.25, 0.3) is 0 Å². The molecule has 0 saturated carbocycles. The molecule has 0 aliphatic carbocycles. The summed E-state index contributed by atoms with van der Waals surface area (Å²) in [6.45, 7) is 0.675.